The van der Waals surface area contributed by atoms with Gasteiger partial charge in [0, 0.05) is 18.9 Å². The number of likely N-dealkylation sites (tertiary alicyclic amines) is 1. The molecule has 0 spiro atoms. The molecule has 1 rings (SSSR count). The van der Waals surface area contributed by atoms with Crippen LogP contribution in [0.3, 0.4) is 0 Å². The number of alkyl carbamates (subject to hydrolysis) is 1. The summed E-state index contributed by atoms with van der Waals surface area (Å²) in [6.45, 7) is 12.3. The minimum Gasteiger partial charge on any atom is -0.877 e. The van der Waals surface area contributed by atoms with Crippen LogP contribution in [0.1, 0.15) is 27.2 Å². The van der Waals surface area contributed by atoms with Crippen LogP contribution in [-0.2, 0) is 4.74 Å². The van der Waals surface area contributed by atoms with Crippen LogP contribution in [0.2, 0.25) is 0 Å². The Morgan fingerprint density at radius 1 is 1.57 bits per heavy atom. The van der Waals surface area contributed by atoms with E-state index in [0.29, 0.717) is 23.4 Å². The van der Waals surface area contributed by atoms with Gasteiger partial charge in [-0.15, -0.1) is 4.48 Å². The number of rotatable bonds is 4. The van der Waals surface area contributed by atoms with Crippen molar-refractivity contribution >= 4 is 34.1 Å². The molecule has 1 aliphatic heterocycles. The Bertz CT molecular complexity index is 500. The van der Waals surface area contributed by atoms with E-state index in [1.807, 2.05) is 25.7 Å². The van der Waals surface area contributed by atoms with Crippen molar-refractivity contribution in [1.82, 2.24) is 10.2 Å². The van der Waals surface area contributed by atoms with Crippen LogP contribution in [0.4, 0.5) is 4.79 Å². The van der Waals surface area contributed by atoms with Crippen LogP contribution in [0.15, 0.2) is 15.6 Å². The number of amidine groups is 1. The van der Waals surface area contributed by atoms with Crippen molar-refractivity contribution in [2.45, 2.75) is 38.8 Å². The maximum atomic E-state index is 11.7. The SMILES string of the molecule is [CH-]=CC(=N[C-]=C(Br)C=[N-])N1CC[C@H](NC(=O)OC(C)(C)C)C1.[Li+]. The number of hydrogen-bond donors (Lipinski definition) is 1. The van der Waals surface area contributed by atoms with E-state index in [-0.39, 0.29) is 24.9 Å². The monoisotopic (exact) mass is 374 g/mol. The number of aliphatic imine (C=N–C) groups is 1. The topological polar surface area (TPSA) is 76.2 Å². The Kier molecular flexibility index (Phi) is 9.52. The normalized spacial score (nSPS) is 19.0. The van der Waals surface area contributed by atoms with Gasteiger partial charge in [-0.1, -0.05) is 22.1 Å². The second-order valence-corrected chi connectivity index (χ2v) is 6.66. The van der Waals surface area contributed by atoms with Crippen molar-refractivity contribution in [3.63, 3.8) is 0 Å². The number of carbonyl (C=O) groups excluding carboxylic acids is 1. The van der Waals surface area contributed by atoms with Crippen molar-refractivity contribution in [3.8, 4) is 0 Å². The summed E-state index contributed by atoms with van der Waals surface area (Å²) in [6, 6.07) is -0.0307. The van der Waals surface area contributed by atoms with E-state index in [2.05, 4.69) is 32.4 Å². The molecule has 0 unspecified atom stereocenters. The third-order valence-electron chi connectivity index (χ3n) is 2.77. The molecule has 122 valence electrons. The molecule has 1 amide bonds. The van der Waals surface area contributed by atoms with Gasteiger partial charge in [-0.25, -0.2) is 4.79 Å². The minimum atomic E-state index is -0.521. The molecule has 8 heteroatoms. The predicted molar refractivity (Wildman–Crippen MR) is 90.8 cm³/mol. The van der Waals surface area contributed by atoms with Crippen LogP contribution in [-0.4, -0.2) is 47.8 Å². The average Bonchev–Trinajstić information content (AvgIpc) is 2.85. The average molecular weight is 375 g/mol. The Morgan fingerprint density at radius 2 is 2.22 bits per heavy atom. The molecule has 1 aliphatic rings. The van der Waals surface area contributed by atoms with Crippen LogP contribution in [0, 0.1) is 12.8 Å². The number of halogens is 1. The molecule has 0 aromatic rings. The molecular formula is C15H20BrLiN4O2-2. The smallest absolute Gasteiger partial charge is 0.877 e. The van der Waals surface area contributed by atoms with Gasteiger partial charge >= 0.3 is 25.0 Å². The Morgan fingerprint density at radius 3 is 2.74 bits per heavy atom. The van der Waals surface area contributed by atoms with Crippen molar-refractivity contribution in [1.29, 1.82) is 0 Å². The standard InChI is InChI=1S/C15H20BrN4O2.Li/c1-5-13(18-9-11(16)8-17)20-7-6-12(10-20)19-14(21)22-15(2,3)4;/h1,5,8,12H,6-7,10H2,2-4H3,(H,19,21);/q-3;+1/t12-;/m0./s1. The molecular weight excluding hydrogens is 355 g/mol. The summed E-state index contributed by atoms with van der Waals surface area (Å²) in [5, 5.41) is 11.6. The molecule has 0 aromatic carbocycles. The zero-order chi connectivity index (χ0) is 16.8. The van der Waals surface area contributed by atoms with Crippen molar-refractivity contribution in [3.05, 3.63) is 28.7 Å². The van der Waals surface area contributed by atoms with Gasteiger partial charge in [-0.3, -0.25) is 12.8 Å². The summed E-state index contributed by atoms with van der Waals surface area (Å²) < 4.78 is 5.54. The Labute approximate surface area is 158 Å². The van der Waals surface area contributed by atoms with Crippen molar-refractivity contribution in [2.75, 3.05) is 13.1 Å². The fraction of sp³-hybridized carbons (Fsp3) is 0.533. The number of nitrogens with one attached hydrogen (secondary N) is 1. The molecule has 6 nitrogen and oxygen atoms in total. The van der Waals surface area contributed by atoms with Crippen molar-refractivity contribution < 1.29 is 28.4 Å². The van der Waals surface area contributed by atoms with E-state index in [9.17, 15) is 4.79 Å². The first-order valence-corrected chi connectivity index (χ1v) is 7.67. The second kappa shape index (κ2) is 9.96. The van der Waals surface area contributed by atoms with Gasteiger partial charge < -0.3 is 25.4 Å². The Hall–Kier alpha value is -1.03. The number of allylic oxidation sites excluding steroid dienone is 1. The fourth-order valence-corrected chi connectivity index (χ4v) is 2.00. The van der Waals surface area contributed by atoms with Gasteiger partial charge in [0.15, 0.2) is 0 Å². The van der Waals surface area contributed by atoms with E-state index >= 15 is 0 Å². The summed E-state index contributed by atoms with van der Waals surface area (Å²) in [5.74, 6) is 0.521. The molecule has 0 bridgehead atoms. The second-order valence-electron chi connectivity index (χ2n) is 5.80. The molecule has 1 atom stereocenters. The fourth-order valence-electron chi connectivity index (χ4n) is 1.91. The first-order valence-electron chi connectivity index (χ1n) is 6.88. The maximum absolute atomic E-state index is 11.7. The number of hydrogen-bond acceptors (Lipinski definition) is 3. The van der Waals surface area contributed by atoms with E-state index in [4.69, 9.17) is 16.7 Å². The summed E-state index contributed by atoms with van der Waals surface area (Å²) >= 11 is 3.06. The molecule has 1 N–H and O–H groups in total. The number of carbonyl (C=O) groups is 1. The van der Waals surface area contributed by atoms with E-state index in [1.54, 1.807) is 0 Å². The van der Waals surface area contributed by atoms with E-state index in [0.717, 1.165) is 12.6 Å². The predicted octanol–water partition coefficient (Wildman–Crippen LogP) is -0.343. The molecule has 1 fully saturated rings. The summed E-state index contributed by atoms with van der Waals surface area (Å²) in [4.78, 5) is 17.7. The quantitative estimate of drug-likeness (QED) is 0.316. The van der Waals surface area contributed by atoms with E-state index in [1.165, 1.54) is 6.08 Å². The third kappa shape index (κ3) is 8.40. The number of nitrogens with zero attached hydrogens (tertiary/aromatic N) is 3. The molecule has 0 aromatic heterocycles. The van der Waals surface area contributed by atoms with Gasteiger partial charge in [0.05, 0.1) is 6.04 Å². The summed E-state index contributed by atoms with van der Waals surface area (Å²) in [6.07, 6.45) is 5.14. The number of amides is 1. The minimum absolute atomic E-state index is 0. The van der Waals surface area contributed by atoms with E-state index < -0.39 is 11.7 Å². The molecule has 23 heavy (non-hydrogen) atoms. The largest absolute Gasteiger partial charge is 1.00 e. The van der Waals surface area contributed by atoms with Gasteiger partial charge in [0.25, 0.3) is 0 Å². The summed E-state index contributed by atoms with van der Waals surface area (Å²) in [5.41, 5.74) is -0.521. The zero-order valence-corrected chi connectivity index (χ0v) is 15.6. The summed E-state index contributed by atoms with van der Waals surface area (Å²) in [7, 11) is 0. The van der Waals surface area contributed by atoms with Crippen LogP contribution < -0.4 is 24.2 Å². The molecule has 0 aliphatic carbocycles. The first-order chi connectivity index (χ1) is 10.2. The Balaban J connectivity index is 0.00000484. The van der Waals surface area contributed by atoms with Crippen molar-refractivity contribution in [2.24, 2.45) is 4.99 Å². The molecule has 1 heterocycles. The van der Waals surface area contributed by atoms with Gasteiger partial charge in [0.2, 0.25) is 0 Å². The molecule has 0 radical (unpaired) electrons. The van der Waals surface area contributed by atoms with Gasteiger partial charge in [0.1, 0.15) is 5.60 Å². The maximum Gasteiger partial charge on any atom is 1.00 e. The zero-order valence-electron chi connectivity index (χ0n) is 14.0. The van der Waals surface area contributed by atoms with Gasteiger partial charge in [-0.2, -0.15) is 6.08 Å². The molecule has 0 saturated carbocycles. The van der Waals surface area contributed by atoms with Crippen LogP contribution in [0.25, 0.3) is 5.41 Å². The third-order valence-corrected chi connectivity index (χ3v) is 3.15. The first kappa shape index (κ1) is 22.0. The van der Waals surface area contributed by atoms with Gasteiger partial charge in [-0.05, 0) is 27.2 Å². The van der Waals surface area contributed by atoms with Crippen LogP contribution in [0.5, 0.6) is 0 Å². The van der Waals surface area contributed by atoms with Crippen LogP contribution >= 0.6 is 15.9 Å². The number of ether oxygens (including phenoxy) is 1. The molecule has 1 saturated heterocycles.